The third-order valence-corrected chi connectivity index (χ3v) is 4.22. The van der Waals surface area contributed by atoms with Crippen molar-refractivity contribution in [2.45, 2.75) is 32.2 Å². The van der Waals surface area contributed by atoms with Crippen LogP contribution in [0, 0.1) is 0 Å². The van der Waals surface area contributed by atoms with Gasteiger partial charge in [0.25, 0.3) is 0 Å². The van der Waals surface area contributed by atoms with Crippen molar-refractivity contribution < 1.29 is 0 Å². The van der Waals surface area contributed by atoms with E-state index in [1.807, 2.05) is 30.3 Å². The second kappa shape index (κ2) is 6.27. The predicted octanol–water partition coefficient (Wildman–Crippen LogP) is 4.22. The van der Waals surface area contributed by atoms with Crippen LogP contribution >= 0.6 is 12.2 Å². The van der Waals surface area contributed by atoms with Gasteiger partial charge in [0.15, 0.2) is 5.11 Å². The molecule has 0 radical (unpaired) electrons. The molecular weight excluding hydrogens is 276 g/mol. The third kappa shape index (κ3) is 3.42. The molecule has 2 aromatic rings. The Hall–Kier alpha value is -1.87. The molecule has 0 aliphatic heterocycles. The van der Waals surface area contributed by atoms with Crippen LogP contribution in [0.3, 0.4) is 0 Å². The molecule has 3 rings (SSSR count). The van der Waals surface area contributed by atoms with Crippen LogP contribution in [0.2, 0.25) is 0 Å². The first kappa shape index (κ1) is 14.1. The maximum Gasteiger partial charge on any atom is 0.171 e. The summed E-state index contributed by atoms with van der Waals surface area (Å²) in [6.45, 7) is 2.15. The van der Waals surface area contributed by atoms with Crippen LogP contribution in [0.5, 0.6) is 0 Å². The Morgan fingerprint density at radius 1 is 1.05 bits per heavy atom. The molecule has 0 aromatic heterocycles. The maximum absolute atomic E-state index is 5.39. The van der Waals surface area contributed by atoms with Crippen molar-refractivity contribution >= 4 is 23.0 Å². The Labute approximate surface area is 131 Å². The minimum absolute atomic E-state index is 0.208. The van der Waals surface area contributed by atoms with E-state index < -0.39 is 0 Å². The van der Waals surface area contributed by atoms with E-state index in [1.165, 1.54) is 36.0 Å². The number of aryl methyl sites for hydroxylation is 2. The van der Waals surface area contributed by atoms with Gasteiger partial charge in [-0.05, 0) is 67.2 Å². The van der Waals surface area contributed by atoms with Gasteiger partial charge in [0, 0.05) is 5.69 Å². The van der Waals surface area contributed by atoms with Gasteiger partial charge < -0.3 is 10.6 Å². The molecule has 0 unspecified atom stereocenters. The van der Waals surface area contributed by atoms with Gasteiger partial charge in [-0.15, -0.1) is 0 Å². The van der Waals surface area contributed by atoms with Gasteiger partial charge in [-0.3, -0.25) is 0 Å². The highest BCUT2D eigenvalue weighted by Gasteiger charge is 2.14. The van der Waals surface area contributed by atoms with E-state index in [0.717, 1.165) is 5.69 Å². The molecule has 0 bridgehead atoms. The second-order valence-electron chi connectivity index (χ2n) is 5.57. The fourth-order valence-electron chi connectivity index (χ4n) is 2.83. The molecule has 0 spiro atoms. The Kier molecular flexibility index (Phi) is 4.20. The molecule has 1 atom stereocenters. The van der Waals surface area contributed by atoms with Crippen molar-refractivity contribution in [3.63, 3.8) is 0 Å². The highest BCUT2D eigenvalue weighted by Crippen LogP contribution is 2.25. The van der Waals surface area contributed by atoms with E-state index >= 15 is 0 Å². The molecule has 21 heavy (non-hydrogen) atoms. The number of anilines is 1. The molecule has 1 aliphatic rings. The molecule has 0 fully saturated rings. The Morgan fingerprint density at radius 2 is 1.81 bits per heavy atom. The smallest absolute Gasteiger partial charge is 0.171 e. The lowest BCUT2D eigenvalue weighted by molar-refractivity contribution is 0.721. The molecule has 2 N–H and O–H groups in total. The molecule has 0 saturated carbocycles. The molecule has 0 amide bonds. The number of hydrogen-bond donors (Lipinski definition) is 2. The first-order chi connectivity index (χ1) is 10.2. The van der Waals surface area contributed by atoms with Crippen molar-refractivity contribution in [2.24, 2.45) is 0 Å². The van der Waals surface area contributed by atoms with E-state index in [1.54, 1.807) is 0 Å². The topological polar surface area (TPSA) is 24.1 Å². The highest BCUT2D eigenvalue weighted by molar-refractivity contribution is 7.80. The normalized spacial score (nSPS) is 14.3. The molecule has 1 aliphatic carbocycles. The molecule has 0 heterocycles. The first-order valence-corrected chi connectivity index (χ1v) is 7.87. The van der Waals surface area contributed by atoms with Crippen LogP contribution in [0.25, 0.3) is 0 Å². The van der Waals surface area contributed by atoms with Gasteiger partial charge >= 0.3 is 0 Å². The van der Waals surface area contributed by atoms with Gasteiger partial charge in [-0.1, -0.05) is 36.4 Å². The SMILES string of the molecule is C[C@@H](NC(=S)Nc1ccccc1)c1ccc2c(c1)CCC2. The zero-order valence-corrected chi connectivity index (χ0v) is 13.0. The number of fused-ring (bicyclic) bond motifs is 1. The predicted molar refractivity (Wildman–Crippen MR) is 92.7 cm³/mol. The van der Waals surface area contributed by atoms with Crippen molar-refractivity contribution in [3.8, 4) is 0 Å². The minimum Gasteiger partial charge on any atom is -0.356 e. The monoisotopic (exact) mass is 296 g/mol. The average molecular weight is 296 g/mol. The van der Waals surface area contributed by atoms with Crippen LogP contribution in [0.15, 0.2) is 48.5 Å². The Bertz CT molecular complexity index is 637. The van der Waals surface area contributed by atoms with Gasteiger partial charge in [-0.25, -0.2) is 0 Å². The van der Waals surface area contributed by atoms with Crippen LogP contribution in [0.1, 0.15) is 36.1 Å². The second-order valence-corrected chi connectivity index (χ2v) is 5.98. The number of nitrogens with one attached hydrogen (secondary N) is 2. The maximum atomic E-state index is 5.39. The standard InChI is InChI=1S/C18H20N2S/c1-13(15-11-10-14-6-5-7-16(14)12-15)19-18(21)20-17-8-3-2-4-9-17/h2-4,8-13H,5-7H2,1H3,(H2,19,20,21)/t13-/m1/s1. The summed E-state index contributed by atoms with van der Waals surface area (Å²) < 4.78 is 0. The summed E-state index contributed by atoms with van der Waals surface area (Å²) >= 11 is 5.39. The summed E-state index contributed by atoms with van der Waals surface area (Å²) in [5.41, 5.74) is 5.32. The van der Waals surface area contributed by atoms with Gasteiger partial charge in [0.2, 0.25) is 0 Å². The lowest BCUT2D eigenvalue weighted by Crippen LogP contribution is -2.30. The lowest BCUT2D eigenvalue weighted by Gasteiger charge is -2.18. The largest absolute Gasteiger partial charge is 0.356 e. The van der Waals surface area contributed by atoms with E-state index in [2.05, 4.69) is 35.8 Å². The average Bonchev–Trinajstić information content (AvgIpc) is 2.95. The van der Waals surface area contributed by atoms with Crippen molar-refractivity contribution in [1.82, 2.24) is 5.32 Å². The minimum atomic E-state index is 0.208. The first-order valence-electron chi connectivity index (χ1n) is 7.46. The van der Waals surface area contributed by atoms with Crippen LogP contribution in [0.4, 0.5) is 5.69 Å². The lowest BCUT2D eigenvalue weighted by atomic mass is 10.0. The summed E-state index contributed by atoms with van der Waals surface area (Å²) in [5.74, 6) is 0. The van der Waals surface area contributed by atoms with E-state index in [-0.39, 0.29) is 6.04 Å². The van der Waals surface area contributed by atoms with Crippen LogP contribution in [-0.4, -0.2) is 5.11 Å². The quantitative estimate of drug-likeness (QED) is 0.829. The van der Waals surface area contributed by atoms with Crippen molar-refractivity contribution in [2.75, 3.05) is 5.32 Å². The van der Waals surface area contributed by atoms with Gasteiger partial charge in [0.05, 0.1) is 6.04 Å². The fraction of sp³-hybridized carbons (Fsp3) is 0.278. The molecular formula is C18H20N2S. The Morgan fingerprint density at radius 3 is 2.62 bits per heavy atom. The number of para-hydroxylation sites is 1. The summed E-state index contributed by atoms with van der Waals surface area (Å²) in [7, 11) is 0. The van der Waals surface area contributed by atoms with E-state index in [0.29, 0.717) is 5.11 Å². The summed E-state index contributed by atoms with van der Waals surface area (Å²) in [5, 5.41) is 7.23. The highest BCUT2D eigenvalue weighted by atomic mass is 32.1. The van der Waals surface area contributed by atoms with E-state index in [4.69, 9.17) is 12.2 Å². The van der Waals surface area contributed by atoms with Crippen molar-refractivity contribution in [1.29, 1.82) is 0 Å². The molecule has 3 heteroatoms. The summed E-state index contributed by atoms with van der Waals surface area (Å²) in [6, 6.07) is 17.0. The van der Waals surface area contributed by atoms with Crippen LogP contribution < -0.4 is 10.6 Å². The van der Waals surface area contributed by atoms with Gasteiger partial charge in [0.1, 0.15) is 0 Å². The zero-order valence-electron chi connectivity index (χ0n) is 12.2. The molecule has 2 nitrogen and oxygen atoms in total. The number of benzene rings is 2. The van der Waals surface area contributed by atoms with E-state index in [9.17, 15) is 0 Å². The number of rotatable bonds is 3. The summed E-state index contributed by atoms with van der Waals surface area (Å²) in [4.78, 5) is 0. The number of hydrogen-bond acceptors (Lipinski definition) is 1. The third-order valence-electron chi connectivity index (χ3n) is 4.00. The van der Waals surface area contributed by atoms with Gasteiger partial charge in [-0.2, -0.15) is 0 Å². The van der Waals surface area contributed by atoms with Crippen molar-refractivity contribution in [3.05, 3.63) is 65.2 Å². The fourth-order valence-corrected chi connectivity index (χ4v) is 3.12. The molecule has 2 aromatic carbocycles. The zero-order chi connectivity index (χ0) is 14.7. The summed E-state index contributed by atoms with van der Waals surface area (Å²) in [6.07, 6.45) is 3.72. The number of thiocarbonyl (C=S) groups is 1. The Balaban J connectivity index is 1.63. The molecule has 108 valence electrons. The molecule has 0 saturated heterocycles. The van der Waals surface area contributed by atoms with Crippen LogP contribution in [-0.2, 0) is 12.8 Å².